The van der Waals surface area contributed by atoms with Crippen molar-refractivity contribution in [1.82, 2.24) is 9.29 Å². The molecule has 2 aromatic heterocycles. The highest BCUT2D eigenvalue weighted by Gasteiger charge is 2.30. The molecule has 0 saturated carbocycles. The Labute approximate surface area is 120 Å². The van der Waals surface area contributed by atoms with Crippen LogP contribution in [-0.4, -0.2) is 24.3 Å². The lowest BCUT2D eigenvalue weighted by Gasteiger charge is -2.26. The van der Waals surface area contributed by atoms with Crippen LogP contribution in [0.25, 0.3) is 0 Å². The molecule has 0 aliphatic carbocycles. The molecule has 1 aliphatic heterocycles. The maximum Gasteiger partial charge on any atom is 0.246 e. The van der Waals surface area contributed by atoms with Crippen molar-refractivity contribution in [3.8, 4) is 0 Å². The quantitative estimate of drug-likeness (QED) is 0.800. The van der Waals surface area contributed by atoms with Crippen molar-refractivity contribution in [3.63, 3.8) is 0 Å². The third-order valence-electron chi connectivity index (χ3n) is 3.12. The lowest BCUT2D eigenvalue weighted by atomic mass is 10.1. The summed E-state index contributed by atoms with van der Waals surface area (Å²) >= 11 is 7.57. The molecule has 3 rings (SSSR count). The standard InChI is InChI=1S/C12H11ClN2O2S2/c13-12-11(2-1-5-14-12)19(16,17)15-6-3-10-9(8-15)4-7-18-10/h1-2,4-5,7H,3,6,8H2. The minimum atomic E-state index is -3.57. The summed E-state index contributed by atoms with van der Waals surface area (Å²) in [5, 5.41) is 2.02. The zero-order chi connectivity index (χ0) is 13.5. The van der Waals surface area contributed by atoms with Crippen molar-refractivity contribution < 1.29 is 8.42 Å². The number of hydrogen-bond acceptors (Lipinski definition) is 4. The lowest BCUT2D eigenvalue weighted by Crippen LogP contribution is -2.35. The van der Waals surface area contributed by atoms with Crippen LogP contribution in [0.4, 0.5) is 0 Å². The highest BCUT2D eigenvalue weighted by Crippen LogP contribution is 2.29. The SMILES string of the molecule is O=S(=O)(c1cccnc1Cl)N1CCc2sccc2C1. The zero-order valence-electron chi connectivity index (χ0n) is 9.91. The molecule has 100 valence electrons. The second-order valence-electron chi connectivity index (χ2n) is 4.25. The first-order valence-corrected chi connectivity index (χ1v) is 8.45. The summed E-state index contributed by atoms with van der Waals surface area (Å²) in [5.74, 6) is 0. The summed E-state index contributed by atoms with van der Waals surface area (Å²) in [6.07, 6.45) is 2.23. The molecular formula is C12H11ClN2O2S2. The smallest absolute Gasteiger partial charge is 0.243 e. The van der Waals surface area contributed by atoms with Crippen molar-refractivity contribution >= 4 is 33.0 Å². The van der Waals surface area contributed by atoms with Gasteiger partial charge in [-0.2, -0.15) is 4.31 Å². The fourth-order valence-corrected chi connectivity index (χ4v) is 4.87. The molecule has 0 N–H and O–H groups in total. The highest BCUT2D eigenvalue weighted by atomic mass is 35.5. The molecule has 0 spiro atoms. The number of thiophene rings is 1. The summed E-state index contributed by atoms with van der Waals surface area (Å²) in [4.78, 5) is 5.18. The number of nitrogens with zero attached hydrogens (tertiary/aromatic N) is 2. The van der Waals surface area contributed by atoms with E-state index in [-0.39, 0.29) is 10.0 Å². The average molecular weight is 315 g/mol. The van der Waals surface area contributed by atoms with Gasteiger partial charge >= 0.3 is 0 Å². The van der Waals surface area contributed by atoms with Crippen LogP contribution in [0, 0.1) is 0 Å². The second kappa shape index (κ2) is 4.86. The summed E-state index contributed by atoms with van der Waals surface area (Å²) < 4.78 is 26.6. The molecular weight excluding hydrogens is 304 g/mol. The first-order valence-electron chi connectivity index (χ1n) is 5.75. The number of pyridine rings is 1. The number of sulfonamides is 1. The van der Waals surface area contributed by atoms with E-state index in [1.807, 2.05) is 11.4 Å². The van der Waals surface area contributed by atoms with Gasteiger partial charge in [0.25, 0.3) is 0 Å². The highest BCUT2D eigenvalue weighted by molar-refractivity contribution is 7.89. The first-order chi connectivity index (χ1) is 9.09. The zero-order valence-corrected chi connectivity index (χ0v) is 12.3. The van der Waals surface area contributed by atoms with Crippen LogP contribution in [0.15, 0.2) is 34.7 Å². The van der Waals surface area contributed by atoms with Gasteiger partial charge in [0, 0.05) is 24.2 Å². The summed E-state index contributed by atoms with van der Waals surface area (Å²) in [6.45, 7) is 0.896. The van der Waals surface area contributed by atoms with Crippen LogP contribution in [-0.2, 0) is 23.0 Å². The number of aromatic nitrogens is 1. The van der Waals surface area contributed by atoms with Gasteiger partial charge in [0.15, 0.2) is 0 Å². The average Bonchev–Trinajstić information content (AvgIpc) is 2.86. The van der Waals surface area contributed by atoms with Crippen molar-refractivity contribution in [1.29, 1.82) is 0 Å². The van der Waals surface area contributed by atoms with Crippen LogP contribution < -0.4 is 0 Å². The molecule has 0 atom stereocenters. The summed E-state index contributed by atoms with van der Waals surface area (Å²) in [7, 11) is -3.57. The monoisotopic (exact) mass is 314 g/mol. The predicted molar refractivity (Wildman–Crippen MR) is 74.9 cm³/mol. The maximum absolute atomic E-state index is 12.5. The van der Waals surface area contributed by atoms with E-state index in [1.54, 1.807) is 17.4 Å². The number of hydrogen-bond donors (Lipinski definition) is 0. The van der Waals surface area contributed by atoms with E-state index in [2.05, 4.69) is 4.98 Å². The Morgan fingerprint density at radius 3 is 3.00 bits per heavy atom. The minimum Gasteiger partial charge on any atom is -0.243 e. The molecule has 4 nitrogen and oxygen atoms in total. The third-order valence-corrected chi connectivity index (χ3v) is 6.43. The van der Waals surface area contributed by atoms with Crippen molar-refractivity contribution in [2.24, 2.45) is 0 Å². The minimum absolute atomic E-state index is 0.0265. The van der Waals surface area contributed by atoms with Crippen molar-refractivity contribution in [2.75, 3.05) is 6.54 Å². The maximum atomic E-state index is 12.5. The van der Waals surface area contributed by atoms with Gasteiger partial charge in [-0.15, -0.1) is 11.3 Å². The Morgan fingerprint density at radius 1 is 1.37 bits per heavy atom. The molecule has 19 heavy (non-hydrogen) atoms. The Morgan fingerprint density at radius 2 is 2.21 bits per heavy atom. The fraction of sp³-hybridized carbons (Fsp3) is 0.250. The summed E-state index contributed by atoms with van der Waals surface area (Å²) in [6, 6.07) is 5.05. The molecule has 0 fully saturated rings. The number of halogens is 1. The molecule has 0 amide bonds. The molecule has 7 heteroatoms. The van der Waals surface area contributed by atoms with E-state index in [0.29, 0.717) is 13.1 Å². The molecule has 0 radical (unpaired) electrons. The molecule has 0 aromatic carbocycles. The molecule has 2 aromatic rings. The first kappa shape index (κ1) is 13.1. The van der Waals surface area contributed by atoms with Gasteiger partial charge in [0.05, 0.1) is 0 Å². The van der Waals surface area contributed by atoms with Crippen LogP contribution in [0.3, 0.4) is 0 Å². The van der Waals surface area contributed by atoms with Gasteiger partial charge in [0.2, 0.25) is 10.0 Å². The predicted octanol–water partition coefficient (Wildman–Crippen LogP) is 2.54. The number of rotatable bonds is 2. The molecule has 3 heterocycles. The van der Waals surface area contributed by atoms with Crippen LogP contribution in [0.5, 0.6) is 0 Å². The Hall–Kier alpha value is -0.950. The van der Waals surface area contributed by atoms with Gasteiger partial charge in [-0.05, 0) is 35.6 Å². The van der Waals surface area contributed by atoms with Crippen LogP contribution >= 0.6 is 22.9 Å². The fourth-order valence-electron chi connectivity index (χ4n) is 2.13. The van der Waals surface area contributed by atoms with Crippen molar-refractivity contribution in [3.05, 3.63) is 45.4 Å². The van der Waals surface area contributed by atoms with E-state index < -0.39 is 10.0 Å². The van der Waals surface area contributed by atoms with E-state index >= 15 is 0 Å². The van der Waals surface area contributed by atoms with E-state index in [4.69, 9.17) is 11.6 Å². The normalized spacial score (nSPS) is 16.3. The van der Waals surface area contributed by atoms with Crippen molar-refractivity contribution in [2.45, 2.75) is 17.9 Å². The Bertz CT molecular complexity index is 712. The second-order valence-corrected chi connectivity index (χ2v) is 7.51. The Kier molecular flexibility index (Phi) is 3.34. The van der Waals surface area contributed by atoms with Gasteiger partial charge in [-0.1, -0.05) is 11.6 Å². The van der Waals surface area contributed by atoms with Gasteiger partial charge < -0.3 is 0 Å². The van der Waals surface area contributed by atoms with Gasteiger partial charge in [-0.25, -0.2) is 13.4 Å². The third kappa shape index (κ3) is 2.29. The van der Waals surface area contributed by atoms with Crippen LogP contribution in [0.2, 0.25) is 5.15 Å². The summed E-state index contributed by atoms with van der Waals surface area (Å²) in [5.41, 5.74) is 1.08. The molecule has 0 unspecified atom stereocenters. The molecule has 0 saturated heterocycles. The molecule has 0 bridgehead atoms. The van der Waals surface area contributed by atoms with Gasteiger partial charge in [0.1, 0.15) is 10.0 Å². The van der Waals surface area contributed by atoms with Gasteiger partial charge in [-0.3, -0.25) is 0 Å². The van der Waals surface area contributed by atoms with E-state index in [1.165, 1.54) is 21.4 Å². The Balaban J connectivity index is 1.97. The van der Waals surface area contributed by atoms with E-state index in [9.17, 15) is 8.42 Å². The largest absolute Gasteiger partial charge is 0.246 e. The van der Waals surface area contributed by atoms with E-state index in [0.717, 1.165) is 12.0 Å². The topological polar surface area (TPSA) is 50.3 Å². The van der Waals surface area contributed by atoms with Crippen LogP contribution in [0.1, 0.15) is 10.4 Å². The lowest BCUT2D eigenvalue weighted by molar-refractivity contribution is 0.394. The molecule has 1 aliphatic rings. The number of fused-ring (bicyclic) bond motifs is 1.